The van der Waals surface area contributed by atoms with E-state index >= 15 is 0 Å². The number of aldehydes is 1. The Labute approximate surface area is 179 Å². The number of imidazole rings is 1. The Balaban J connectivity index is 1.56. The maximum atomic E-state index is 11.5. The summed E-state index contributed by atoms with van der Waals surface area (Å²) >= 11 is 1.56. The van der Waals surface area contributed by atoms with Crippen molar-refractivity contribution < 1.29 is 4.79 Å². The molecule has 0 saturated carbocycles. The summed E-state index contributed by atoms with van der Waals surface area (Å²) in [5.74, 6) is 0. The van der Waals surface area contributed by atoms with Crippen LogP contribution >= 0.6 is 11.3 Å². The maximum absolute atomic E-state index is 11.5. The standard InChI is InChI=1S/C24H22N4OS/c1-2-4-20-23(15-29)30-22-6-3-5-21(24(20)22)27-13-19-12-26-16-28(19)14-18-9-7-17(11-25)8-10-18/h3,5-10,12,15-16,27H,2,4,13-14H2,1H3. The summed E-state index contributed by atoms with van der Waals surface area (Å²) in [6, 6.07) is 15.9. The predicted molar refractivity (Wildman–Crippen MR) is 121 cm³/mol. The molecule has 2 aromatic heterocycles. The first-order chi connectivity index (χ1) is 14.7. The Morgan fingerprint density at radius 3 is 2.80 bits per heavy atom. The SMILES string of the molecule is CCCc1c(C=O)sc2cccc(NCc3cncn3Cc3ccc(C#N)cc3)c12. The van der Waals surface area contributed by atoms with Gasteiger partial charge in [0.2, 0.25) is 0 Å². The molecule has 0 unspecified atom stereocenters. The monoisotopic (exact) mass is 414 g/mol. The fourth-order valence-corrected chi connectivity index (χ4v) is 4.77. The van der Waals surface area contributed by atoms with E-state index in [2.05, 4.69) is 40.0 Å². The summed E-state index contributed by atoms with van der Waals surface area (Å²) in [6.45, 7) is 3.46. The third-order valence-electron chi connectivity index (χ3n) is 5.15. The number of hydrogen-bond acceptors (Lipinski definition) is 5. The van der Waals surface area contributed by atoms with Gasteiger partial charge in [0.05, 0.1) is 35.1 Å². The molecule has 0 aliphatic carbocycles. The largest absolute Gasteiger partial charge is 0.379 e. The lowest BCUT2D eigenvalue weighted by Crippen LogP contribution is -2.08. The molecule has 0 saturated heterocycles. The van der Waals surface area contributed by atoms with Gasteiger partial charge >= 0.3 is 0 Å². The quantitative estimate of drug-likeness (QED) is 0.392. The van der Waals surface area contributed by atoms with Crippen molar-refractivity contribution in [3.05, 3.63) is 82.3 Å². The molecule has 0 fully saturated rings. The Morgan fingerprint density at radius 2 is 2.07 bits per heavy atom. The zero-order valence-electron chi connectivity index (χ0n) is 16.8. The number of nitrogens with one attached hydrogen (secondary N) is 1. The number of thiophene rings is 1. The summed E-state index contributed by atoms with van der Waals surface area (Å²) in [4.78, 5) is 16.7. The van der Waals surface area contributed by atoms with Crippen LogP contribution in [0.25, 0.3) is 10.1 Å². The van der Waals surface area contributed by atoms with Crippen LogP contribution in [0, 0.1) is 11.3 Å². The minimum atomic E-state index is 0.632. The van der Waals surface area contributed by atoms with Crippen LogP contribution in [0.1, 0.15) is 45.4 Å². The summed E-state index contributed by atoms with van der Waals surface area (Å²) in [5, 5.41) is 13.7. The summed E-state index contributed by atoms with van der Waals surface area (Å²) in [7, 11) is 0. The molecule has 6 heteroatoms. The van der Waals surface area contributed by atoms with Crippen LogP contribution in [0.2, 0.25) is 0 Å². The van der Waals surface area contributed by atoms with Crippen molar-refractivity contribution in [3.63, 3.8) is 0 Å². The van der Waals surface area contributed by atoms with Crippen LogP contribution in [0.5, 0.6) is 0 Å². The number of carbonyl (C=O) groups is 1. The molecule has 4 aromatic rings. The number of aryl methyl sites for hydroxylation is 1. The first-order valence-electron chi connectivity index (χ1n) is 9.95. The van der Waals surface area contributed by atoms with E-state index in [1.807, 2.05) is 42.9 Å². The van der Waals surface area contributed by atoms with Crippen molar-refractivity contribution in [1.82, 2.24) is 9.55 Å². The fraction of sp³-hybridized carbons (Fsp3) is 0.208. The Hall–Kier alpha value is -3.43. The highest BCUT2D eigenvalue weighted by molar-refractivity contribution is 7.20. The van der Waals surface area contributed by atoms with E-state index in [0.717, 1.165) is 56.6 Å². The molecule has 2 aromatic carbocycles. The number of nitriles is 1. The predicted octanol–water partition coefficient (Wildman–Crippen LogP) is 5.39. The first-order valence-corrected chi connectivity index (χ1v) is 10.8. The van der Waals surface area contributed by atoms with Gasteiger partial charge < -0.3 is 9.88 Å². The number of rotatable bonds is 8. The maximum Gasteiger partial charge on any atom is 0.160 e. The average Bonchev–Trinajstić information content (AvgIpc) is 3.37. The van der Waals surface area contributed by atoms with Crippen LogP contribution in [-0.2, 0) is 19.5 Å². The highest BCUT2D eigenvalue weighted by atomic mass is 32.1. The Kier molecular flexibility index (Phi) is 5.92. The number of anilines is 1. The molecule has 0 radical (unpaired) electrons. The van der Waals surface area contributed by atoms with E-state index in [0.29, 0.717) is 18.7 Å². The summed E-state index contributed by atoms with van der Waals surface area (Å²) in [5.41, 5.74) is 5.04. The van der Waals surface area contributed by atoms with Gasteiger partial charge in [-0.1, -0.05) is 31.5 Å². The van der Waals surface area contributed by atoms with Gasteiger partial charge in [0.1, 0.15) is 0 Å². The number of fused-ring (bicyclic) bond motifs is 1. The molecule has 0 atom stereocenters. The third kappa shape index (κ3) is 3.98. The zero-order chi connectivity index (χ0) is 20.9. The van der Waals surface area contributed by atoms with Crippen molar-refractivity contribution in [2.45, 2.75) is 32.9 Å². The van der Waals surface area contributed by atoms with Crippen LogP contribution in [0.4, 0.5) is 5.69 Å². The topological polar surface area (TPSA) is 70.7 Å². The van der Waals surface area contributed by atoms with E-state index in [1.165, 1.54) is 0 Å². The molecule has 0 aliphatic rings. The van der Waals surface area contributed by atoms with Crippen molar-refractivity contribution >= 4 is 33.4 Å². The van der Waals surface area contributed by atoms with E-state index in [9.17, 15) is 4.79 Å². The van der Waals surface area contributed by atoms with Gasteiger partial charge in [-0.25, -0.2) is 4.98 Å². The van der Waals surface area contributed by atoms with Crippen LogP contribution in [0.15, 0.2) is 55.0 Å². The lowest BCUT2D eigenvalue weighted by Gasteiger charge is -2.12. The second-order valence-corrected chi connectivity index (χ2v) is 8.25. The highest BCUT2D eigenvalue weighted by Gasteiger charge is 2.14. The van der Waals surface area contributed by atoms with Gasteiger partial charge in [0.25, 0.3) is 0 Å². The van der Waals surface area contributed by atoms with E-state index in [1.54, 1.807) is 11.3 Å². The van der Waals surface area contributed by atoms with Crippen molar-refractivity contribution in [2.24, 2.45) is 0 Å². The van der Waals surface area contributed by atoms with Gasteiger partial charge in [-0.05, 0) is 41.8 Å². The second kappa shape index (κ2) is 8.93. The lowest BCUT2D eigenvalue weighted by molar-refractivity contribution is 0.112. The molecule has 0 aliphatic heterocycles. The number of nitrogens with zero attached hydrogens (tertiary/aromatic N) is 3. The molecule has 30 heavy (non-hydrogen) atoms. The normalized spacial score (nSPS) is 10.8. The molecule has 1 N–H and O–H groups in total. The molecule has 5 nitrogen and oxygen atoms in total. The number of benzene rings is 2. The lowest BCUT2D eigenvalue weighted by atomic mass is 10.0. The van der Waals surface area contributed by atoms with Gasteiger partial charge in [0.15, 0.2) is 6.29 Å². The first kappa shape index (κ1) is 19.9. The molecule has 150 valence electrons. The molecule has 0 bridgehead atoms. The van der Waals surface area contributed by atoms with Crippen LogP contribution in [-0.4, -0.2) is 15.8 Å². The van der Waals surface area contributed by atoms with Gasteiger partial charge in [-0.15, -0.1) is 11.3 Å². The molecule has 0 spiro atoms. The Morgan fingerprint density at radius 1 is 1.23 bits per heavy atom. The highest BCUT2D eigenvalue weighted by Crippen LogP contribution is 2.36. The number of carbonyl (C=O) groups excluding carboxylic acids is 1. The van der Waals surface area contributed by atoms with Crippen molar-refractivity contribution in [2.75, 3.05) is 5.32 Å². The number of hydrogen-bond donors (Lipinski definition) is 1. The summed E-state index contributed by atoms with van der Waals surface area (Å²) < 4.78 is 3.24. The molecule has 4 rings (SSSR count). The number of aromatic nitrogens is 2. The molecular formula is C24H22N4OS. The van der Waals surface area contributed by atoms with Gasteiger partial charge in [-0.2, -0.15) is 5.26 Å². The molecule has 2 heterocycles. The third-order valence-corrected chi connectivity index (χ3v) is 6.27. The van der Waals surface area contributed by atoms with E-state index in [4.69, 9.17) is 5.26 Å². The van der Waals surface area contributed by atoms with Gasteiger partial charge in [0, 0.05) is 28.5 Å². The minimum absolute atomic E-state index is 0.632. The van der Waals surface area contributed by atoms with Crippen LogP contribution < -0.4 is 5.32 Å². The van der Waals surface area contributed by atoms with Crippen molar-refractivity contribution in [1.29, 1.82) is 5.26 Å². The smallest absolute Gasteiger partial charge is 0.160 e. The molecule has 0 amide bonds. The van der Waals surface area contributed by atoms with E-state index in [-0.39, 0.29) is 0 Å². The summed E-state index contributed by atoms with van der Waals surface area (Å²) in [6.07, 6.45) is 6.56. The minimum Gasteiger partial charge on any atom is -0.379 e. The van der Waals surface area contributed by atoms with Crippen LogP contribution in [0.3, 0.4) is 0 Å². The van der Waals surface area contributed by atoms with Gasteiger partial charge in [-0.3, -0.25) is 4.79 Å². The fourth-order valence-electron chi connectivity index (χ4n) is 3.68. The van der Waals surface area contributed by atoms with Crippen molar-refractivity contribution in [3.8, 4) is 6.07 Å². The average molecular weight is 415 g/mol. The second-order valence-electron chi connectivity index (χ2n) is 7.17. The zero-order valence-corrected chi connectivity index (χ0v) is 17.6. The van der Waals surface area contributed by atoms with E-state index < -0.39 is 0 Å². The Bertz CT molecular complexity index is 1210. The molecular weight excluding hydrogens is 392 g/mol.